The van der Waals surface area contributed by atoms with Crippen LogP contribution in [0.25, 0.3) is 0 Å². The summed E-state index contributed by atoms with van der Waals surface area (Å²) in [5, 5.41) is 3.51. The zero-order valence-corrected chi connectivity index (χ0v) is 16.5. The Morgan fingerprint density at radius 2 is 1.65 bits per heavy atom. The highest BCUT2D eigenvalue weighted by molar-refractivity contribution is 7.89. The molecule has 8 heteroatoms. The molecule has 1 aliphatic heterocycles. The van der Waals surface area contributed by atoms with E-state index in [0.29, 0.717) is 39.9 Å². The third kappa shape index (κ3) is 4.04. The molecule has 0 atom stereocenters. The fraction of sp³-hybridized carbons (Fsp3) is 0.278. The predicted octanol–water partition coefficient (Wildman–Crippen LogP) is 4.34. The maximum atomic E-state index is 12.7. The first kappa shape index (κ1) is 19.2. The lowest BCUT2D eigenvalue weighted by Crippen LogP contribution is -2.28. The van der Waals surface area contributed by atoms with Crippen LogP contribution in [-0.4, -0.2) is 31.7 Å². The molecule has 0 saturated carbocycles. The average Bonchev–Trinajstić information content (AvgIpc) is 3.09. The van der Waals surface area contributed by atoms with Crippen molar-refractivity contribution in [1.82, 2.24) is 4.31 Å². The van der Waals surface area contributed by atoms with Crippen LogP contribution in [0.4, 0.5) is 5.69 Å². The standard InChI is InChI=1S/C18H18Cl2N2O3S/c1-12-4-5-16(26(24,25)22-6-2-3-7-22)11-17(12)18(23)21-15-9-13(19)8-14(20)10-15/h4-5,8-11H,2-3,6-7H2,1H3,(H,21,23). The number of hydrogen-bond donors (Lipinski definition) is 1. The Morgan fingerprint density at radius 1 is 1.04 bits per heavy atom. The topological polar surface area (TPSA) is 66.5 Å². The monoisotopic (exact) mass is 412 g/mol. The SMILES string of the molecule is Cc1ccc(S(=O)(=O)N2CCCC2)cc1C(=O)Nc1cc(Cl)cc(Cl)c1. The zero-order valence-electron chi connectivity index (χ0n) is 14.1. The largest absolute Gasteiger partial charge is 0.322 e. The number of hydrogen-bond acceptors (Lipinski definition) is 3. The number of aryl methyl sites for hydroxylation is 1. The Morgan fingerprint density at radius 3 is 2.27 bits per heavy atom. The van der Waals surface area contributed by atoms with Gasteiger partial charge in [-0.3, -0.25) is 4.79 Å². The van der Waals surface area contributed by atoms with Gasteiger partial charge in [0.05, 0.1) is 4.90 Å². The second-order valence-electron chi connectivity index (χ2n) is 6.20. The fourth-order valence-electron chi connectivity index (χ4n) is 2.91. The molecule has 26 heavy (non-hydrogen) atoms. The number of nitrogens with one attached hydrogen (secondary N) is 1. The molecule has 0 unspecified atom stereocenters. The Hall–Kier alpha value is -1.60. The molecule has 0 radical (unpaired) electrons. The van der Waals surface area contributed by atoms with E-state index >= 15 is 0 Å². The van der Waals surface area contributed by atoms with Gasteiger partial charge in [0.1, 0.15) is 0 Å². The van der Waals surface area contributed by atoms with Crippen molar-refractivity contribution in [3.8, 4) is 0 Å². The number of carbonyl (C=O) groups is 1. The van der Waals surface area contributed by atoms with E-state index in [-0.39, 0.29) is 4.90 Å². The van der Waals surface area contributed by atoms with Crippen LogP contribution in [0.3, 0.4) is 0 Å². The van der Waals surface area contributed by atoms with Crippen LogP contribution in [0.15, 0.2) is 41.3 Å². The molecule has 2 aromatic rings. The van der Waals surface area contributed by atoms with E-state index in [9.17, 15) is 13.2 Å². The van der Waals surface area contributed by atoms with Gasteiger partial charge in [-0.25, -0.2) is 8.42 Å². The van der Waals surface area contributed by atoms with Crippen molar-refractivity contribution in [2.45, 2.75) is 24.7 Å². The van der Waals surface area contributed by atoms with Crippen molar-refractivity contribution in [3.63, 3.8) is 0 Å². The molecule has 138 valence electrons. The first-order valence-electron chi connectivity index (χ1n) is 8.15. The van der Waals surface area contributed by atoms with Gasteiger partial charge >= 0.3 is 0 Å². The van der Waals surface area contributed by atoms with Crippen LogP contribution >= 0.6 is 23.2 Å². The van der Waals surface area contributed by atoms with Crippen molar-refractivity contribution >= 4 is 44.8 Å². The normalized spacial score (nSPS) is 15.2. The minimum Gasteiger partial charge on any atom is -0.322 e. The molecule has 1 amide bonds. The Bertz CT molecular complexity index is 935. The van der Waals surface area contributed by atoms with Gasteiger partial charge in [0.25, 0.3) is 5.91 Å². The first-order chi connectivity index (χ1) is 12.3. The molecule has 1 saturated heterocycles. The van der Waals surface area contributed by atoms with Gasteiger partial charge in [0.2, 0.25) is 10.0 Å². The summed E-state index contributed by atoms with van der Waals surface area (Å²) in [7, 11) is -3.59. The third-order valence-electron chi connectivity index (χ3n) is 4.28. The lowest BCUT2D eigenvalue weighted by Gasteiger charge is -2.17. The number of benzene rings is 2. The average molecular weight is 413 g/mol. The van der Waals surface area contributed by atoms with E-state index in [1.54, 1.807) is 31.2 Å². The van der Waals surface area contributed by atoms with E-state index in [4.69, 9.17) is 23.2 Å². The number of halogens is 2. The Labute approximate surface area is 163 Å². The van der Waals surface area contributed by atoms with Crippen molar-refractivity contribution in [2.24, 2.45) is 0 Å². The molecule has 0 spiro atoms. The maximum absolute atomic E-state index is 12.7. The lowest BCUT2D eigenvalue weighted by molar-refractivity contribution is 0.102. The molecular formula is C18H18Cl2N2O3S. The van der Waals surface area contributed by atoms with Crippen molar-refractivity contribution < 1.29 is 13.2 Å². The van der Waals surface area contributed by atoms with E-state index in [1.807, 2.05) is 0 Å². The summed E-state index contributed by atoms with van der Waals surface area (Å²) in [6, 6.07) is 9.31. The molecule has 5 nitrogen and oxygen atoms in total. The van der Waals surface area contributed by atoms with Crippen LogP contribution < -0.4 is 5.32 Å². The summed E-state index contributed by atoms with van der Waals surface area (Å²) < 4.78 is 26.9. The van der Waals surface area contributed by atoms with E-state index in [0.717, 1.165) is 12.8 Å². The number of anilines is 1. The van der Waals surface area contributed by atoms with E-state index in [2.05, 4.69) is 5.32 Å². The van der Waals surface area contributed by atoms with Gasteiger partial charge in [0, 0.05) is 34.4 Å². The van der Waals surface area contributed by atoms with Gasteiger partial charge in [0.15, 0.2) is 0 Å². The molecule has 1 N–H and O–H groups in total. The second kappa shape index (κ2) is 7.56. The molecule has 3 rings (SSSR count). The van der Waals surface area contributed by atoms with Crippen molar-refractivity contribution in [1.29, 1.82) is 0 Å². The maximum Gasteiger partial charge on any atom is 0.255 e. The van der Waals surface area contributed by atoms with E-state index in [1.165, 1.54) is 16.4 Å². The van der Waals surface area contributed by atoms with Crippen molar-refractivity contribution in [2.75, 3.05) is 18.4 Å². The number of amides is 1. The van der Waals surface area contributed by atoms with Crippen LogP contribution in [0.5, 0.6) is 0 Å². The van der Waals surface area contributed by atoms with Crippen LogP contribution in [0.1, 0.15) is 28.8 Å². The Kier molecular flexibility index (Phi) is 5.58. The number of nitrogens with zero attached hydrogens (tertiary/aromatic N) is 1. The molecular weight excluding hydrogens is 395 g/mol. The summed E-state index contributed by atoms with van der Waals surface area (Å²) in [6.07, 6.45) is 1.71. The van der Waals surface area contributed by atoms with Gasteiger partial charge in [-0.2, -0.15) is 4.31 Å². The molecule has 0 aliphatic carbocycles. The first-order valence-corrected chi connectivity index (χ1v) is 10.4. The summed E-state index contributed by atoms with van der Waals surface area (Å²) in [5.41, 5.74) is 1.41. The molecule has 1 heterocycles. The van der Waals surface area contributed by atoms with Crippen LogP contribution in [0.2, 0.25) is 10.0 Å². The number of rotatable bonds is 4. The highest BCUT2D eigenvalue weighted by Gasteiger charge is 2.28. The predicted molar refractivity (Wildman–Crippen MR) is 104 cm³/mol. The minimum atomic E-state index is -3.59. The number of sulfonamides is 1. The zero-order chi connectivity index (χ0) is 18.9. The third-order valence-corrected chi connectivity index (χ3v) is 6.61. The highest BCUT2D eigenvalue weighted by Crippen LogP contribution is 2.25. The minimum absolute atomic E-state index is 0.124. The quantitative estimate of drug-likeness (QED) is 0.811. The number of carbonyl (C=O) groups excluding carboxylic acids is 1. The van der Waals surface area contributed by atoms with Crippen LogP contribution in [-0.2, 0) is 10.0 Å². The van der Waals surface area contributed by atoms with Gasteiger partial charge in [-0.1, -0.05) is 29.3 Å². The van der Waals surface area contributed by atoms with Gasteiger partial charge in [-0.05, 0) is 55.7 Å². The highest BCUT2D eigenvalue weighted by atomic mass is 35.5. The molecule has 1 fully saturated rings. The summed E-state index contributed by atoms with van der Waals surface area (Å²) in [4.78, 5) is 12.8. The van der Waals surface area contributed by atoms with Crippen LogP contribution in [0, 0.1) is 6.92 Å². The molecule has 0 aromatic heterocycles. The lowest BCUT2D eigenvalue weighted by atomic mass is 10.1. The Balaban J connectivity index is 1.91. The van der Waals surface area contributed by atoms with Crippen molar-refractivity contribution in [3.05, 3.63) is 57.6 Å². The molecule has 0 bridgehead atoms. The smallest absolute Gasteiger partial charge is 0.255 e. The molecule has 1 aliphatic rings. The van der Waals surface area contributed by atoms with Gasteiger partial charge < -0.3 is 5.32 Å². The fourth-order valence-corrected chi connectivity index (χ4v) is 4.98. The molecule has 2 aromatic carbocycles. The summed E-state index contributed by atoms with van der Waals surface area (Å²) in [5.74, 6) is -0.417. The van der Waals surface area contributed by atoms with E-state index < -0.39 is 15.9 Å². The van der Waals surface area contributed by atoms with Gasteiger partial charge in [-0.15, -0.1) is 0 Å². The summed E-state index contributed by atoms with van der Waals surface area (Å²) >= 11 is 11.9. The summed E-state index contributed by atoms with van der Waals surface area (Å²) in [6.45, 7) is 2.78. The second-order valence-corrected chi connectivity index (χ2v) is 9.01.